The Kier molecular flexibility index (Phi) is 7.60. The number of nitrogens with two attached hydrogens (primary N) is 1. The van der Waals surface area contributed by atoms with Gasteiger partial charge in [0.2, 0.25) is 0 Å². The molecule has 8 heteroatoms. The van der Waals surface area contributed by atoms with Gasteiger partial charge in [-0.3, -0.25) is 10.9 Å². The van der Waals surface area contributed by atoms with E-state index >= 15 is 0 Å². The third-order valence-electron chi connectivity index (χ3n) is 1.19. The Morgan fingerprint density at radius 1 is 1.40 bits per heavy atom. The summed E-state index contributed by atoms with van der Waals surface area (Å²) < 4.78 is 0. The molecular formula is C7H14N6S2. The molecule has 0 saturated carbocycles. The van der Waals surface area contributed by atoms with E-state index in [0.717, 1.165) is 0 Å². The van der Waals surface area contributed by atoms with E-state index in [1.54, 1.807) is 14.0 Å². The summed E-state index contributed by atoms with van der Waals surface area (Å²) in [5.74, 6) is 0. The van der Waals surface area contributed by atoms with Gasteiger partial charge in [-0.05, 0) is 19.1 Å². The van der Waals surface area contributed by atoms with Crippen molar-refractivity contribution in [2.45, 2.75) is 6.92 Å². The Balaban J connectivity index is 3.95. The third kappa shape index (κ3) is 7.91. The molecule has 0 rings (SSSR count). The minimum absolute atomic E-state index is 0.269. The summed E-state index contributed by atoms with van der Waals surface area (Å²) in [6.07, 6.45) is 1.51. The summed E-state index contributed by atoms with van der Waals surface area (Å²) in [5, 5.41) is 10.9. The first-order valence-electron chi connectivity index (χ1n) is 4.14. The van der Waals surface area contributed by atoms with Crippen LogP contribution in [0.5, 0.6) is 0 Å². The fraction of sp³-hybridized carbons (Fsp3) is 0.429. The molecule has 0 amide bonds. The van der Waals surface area contributed by atoms with Crippen LogP contribution in [0.1, 0.15) is 6.92 Å². The van der Waals surface area contributed by atoms with Crippen molar-refractivity contribution >= 4 is 46.5 Å². The van der Waals surface area contributed by atoms with Crippen molar-refractivity contribution in [3.63, 3.8) is 0 Å². The standard InChI is InChI=1S/C7H14N6S2/c1-5(11-13-7(15)9-2)4-10-12-6(14)3-8/h4H,3,8H2,1-2H3,(H,12,14)(H2,9,13,15). The average molecular weight is 246 g/mol. The molecule has 0 unspecified atom stereocenters. The fourth-order valence-electron chi connectivity index (χ4n) is 0.467. The van der Waals surface area contributed by atoms with E-state index in [9.17, 15) is 0 Å². The molecular weight excluding hydrogens is 232 g/mol. The van der Waals surface area contributed by atoms with E-state index in [2.05, 4.69) is 26.4 Å². The van der Waals surface area contributed by atoms with Gasteiger partial charge < -0.3 is 11.1 Å². The maximum atomic E-state index is 5.26. The molecule has 0 aromatic heterocycles. The minimum Gasteiger partial charge on any atom is -0.364 e. The summed E-state index contributed by atoms with van der Waals surface area (Å²) >= 11 is 9.62. The third-order valence-corrected chi connectivity index (χ3v) is 1.74. The number of hydrogen-bond donors (Lipinski definition) is 4. The van der Waals surface area contributed by atoms with Gasteiger partial charge in [0.15, 0.2) is 5.11 Å². The SMILES string of the molecule is CNC(=S)NN=C(C)C=NNC(=S)CN. The van der Waals surface area contributed by atoms with Crippen molar-refractivity contribution in [1.29, 1.82) is 0 Å². The molecule has 84 valence electrons. The summed E-state index contributed by atoms with van der Waals surface area (Å²) in [6, 6.07) is 0. The lowest BCUT2D eigenvalue weighted by Gasteiger charge is -2.00. The van der Waals surface area contributed by atoms with Gasteiger partial charge in [0.1, 0.15) is 4.99 Å². The Morgan fingerprint density at radius 3 is 2.60 bits per heavy atom. The van der Waals surface area contributed by atoms with Gasteiger partial charge in [-0.25, -0.2) is 0 Å². The zero-order chi connectivity index (χ0) is 11.7. The Bertz CT molecular complexity index is 285. The molecule has 0 heterocycles. The number of hydrazone groups is 2. The topological polar surface area (TPSA) is 86.8 Å². The van der Waals surface area contributed by atoms with E-state index in [1.165, 1.54) is 6.21 Å². The molecule has 0 aromatic carbocycles. The second-order valence-corrected chi connectivity index (χ2v) is 3.34. The predicted octanol–water partition coefficient (Wildman–Crippen LogP) is -0.682. The highest BCUT2D eigenvalue weighted by Crippen LogP contribution is 1.72. The number of nitrogens with zero attached hydrogens (tertiary/aromatic N) is 2. The molecule has 5 N–H and O–H groups in total. The van der Waals surface area contributed by atoms with Crippen molar-refractivity contribution in [3.8, 4) is 0 Å². The van der Waals surface area contributed by atoms with Crippen molar-refractivity contribution in [2.24, 2.45) is 15.9 Å². The second kappa shape index (κ2) is 8.21. The molecule has 0 bridgehead atoms. The second-order valence-electron chi connectivity index (χ2n) is 2.44. The minimum atomic E-state index is 0.269. The largest absolute Gasteiger partial charge is 0.364 e. The Labute approximate surface area is 99.4 Å². The summed E-state index contributed by atoms with van der Waals surface area (Å²) in [7, 11) is 1.70. The molecule has 6 nitrogen and oxygen atoms in total. The number of nitrogens with one attached hydrogen (secondary N) is 3. The lowest BCUT2D eigenvalue weighted by Crippen LogP contribution is -2.29. The van der Waals surface area contributed by atoms with Gasteiger partial charge >= 0.3 is 0 Å². The molecule has 0 fully saturated rings. The maximum Gasteiger partial charge on any atom is 0.186 e. The first-order valence-corrected chi connectivity index (χ1v) is 4.95. The first-order chi connectivity index (χ1) is 7.10. The molecule has 0 spiro atoms. The average Bonchev–Trinajstić information content (AvgIpc) is 2.25. The van der Waals surface area contributed by atoms with Crippen LogP contribution in [0.4, 0.5) is 0 Å². The van der Waals surface area contributed by atoms with Crippen LogP contribution in [0, 0.1) is 0 Å². The van der Waals surface area contributed by atoms with Crippen LogP contribution in [-0.4, -0.2) is 35.6 Å². The van der Waals surface area contributed by atoms with E-state index in [0.29, 0.717) is 15.8 Å². The maximum absolute atomic E-state index is 5.26. The monoisotopic (exact) mass is 246 g/mol. The molecule has 0 aliphatic heterocycles. The van der Waals surface area contributed by atoms with Crippen molar-refractivity contribution in [2.75, 3.05) is 13.6 Å². The van der Waals surface area contributed by atoms with Crippen molar-refractivity contribution in [1.82, 2.24) is 16.2 Å². The summed E-state index contributed by atoms with van der Waals surface area (Å²) in [6.45, 7) is 2.03. The van der Waals surface area contributed by atoms with Gasteiger partial charge in [-0.2, -0.15) is 10.2 Å². The van der Waals surface area contributed by atoms with Gasteiger partial charge in [-0.1, -0.05) is 12.2 Å². The number of rotatable bonds is 4. The smallest absolute Gasteiger partial charge is 0.186 e. The van der Waals surface area contributed by atoms with Crippen LogP contribution in [0.15, 0.2) is 10.2 Å². The molecule has 0 aliphatic carbocycles. The van der Waals surface area contributed by atoms with Crippen LogP contribution < -0.4 is 21.9 Å². The van der Waals surface area contributed by atoms with Crippen LogP contribution in [0.25, 0.3) is 0 Å². The highest BCUT2D eigenvalue weighted by Gasteiger charge is 1.89. The molecule has 0 aliphatic rings. The molecule has 0 saturated heterocycles. The first kappa shape index (κ1) is 13.9. The summed E-state index contributed by atoms with van der Waals surface area (Å²) in [5.41, 5.74) is 11.1. The van der Waals surface area contributed by atoms with E-state index in [-0.39, 0.29) is 6.54 Å². The highest BCUT2D eigenvalue weighted by molar-refractivity contribution is 7.80. The van der Waals surface area contributed by atoms with Crippen LogP contribution in [-0.2, 0) is 0 Å². The fourth-order valence-corrected chi connectivity index (χ4v) is 0.565. The lowest BCUT2D eigenvalue weighted by atomic mass is 10.5. The van der Waals surface area contributed by atoms with Crippen LogP contribution in [0.2, 0.25) is 0 Å². The van der Waals surface area contributed by atoms with Gasteiger partial charge in [0.05, 0.1) is 11.9 Å². The molecule has 0 aromatic rings. The summed E-state index contributed by atoms with van der Waals surface area (Å²) in [4.78, 5) is 0.470. The molecule has 0 radical (unpaired) electrons. The zero-order valence-electron chi connectivity index (χ0n) is 8.57. The van der Waals surface area contributed by atoms with E-state index < -0.39 is 0 Å². The molecule has 15 heavy (non-hydrogen) atoms. The Hall–Kier alpha value is -1.12. The van der Waals surface area contributed by atoms with E-state index in [1.807, 2.05) is 0 Å². The van der Waals surface area contributed by atoms with Gasteiger partial charge in [0, 0.05) is 13.6 Å². The van der Waals surface area contributed by atoms with Gasteiger partial charge in [0.25, 0.3) is 0 Å². The van der Waals surface area contributed by atoms with Gasteiger partial charge in [-0.15, -0.1) is 0 Å². The normalized spacial score (nSPS) is 11.3. The quantitative estimate of drug-likeness (QED) is 0.299. The molecule has 0 atom stereocenters. The lowest BCUT2D eigenvalue weighted by molar-refractivity contribution is 0.975. The Morgan fingerprint density at radius 2 is 2.07 bits per heavy atom. The van der Waals surface area contributed by atoms with Crippen LogP contribution in [0.3, 0.4) is 0 Å². The van der Waals surface area contributed by atoms with Crippen molar-refractivity contribution < 1.29 is 0 Å². The van der Waals surface area contributed by atoms with Crippen molar-refractivity contribution in [3.05, 3.63) is 0 Å². The number of hydrogen-bond acceptors (Lipinski definition) is 5. The highest BCUT2D eigenvalue weighted by atomic mass is 32.1. The van der Waals surface area contributed by atoms with E-state index in [4.69, 9.17) is 30.2 Å². The number of thiocarbonyl (C=S) groups is 2. The van der Waals surface area contributed by atoms with Crippen LogP contribution >= 0.6 is 24.4 Å². The zero-order valence-corrected chi connectivity index (χ0v) is 10.2. The predicted molar refractivity (Wildman–Crippen MR) is 71.2 cm³/mol.